The van der Waals surface area contributed by atoms with Gasteiger partial charge in [0.15, 0.2) is 6.29 Å². The molecule has 6 unspecified atom stereocenters. The van der Waals surface area contributed by atoms with E-state index in [9.17, 15) is 25.2 Å². The Morgan fingerprint density at radius 3 is 1.04 bits per heavy atom. The summed E-state index contributed by atoms with van der Waals surface area (Å²) in [7, 11) is 0. The lowest BCUT2D eigenvalue weighted by atomic mass is 9.99. The molecule has 1 aliphatic rings. The highest BCUT2D eigenvalue weighted by Gasteiger charge is 2.44. The Morgan fingerprint density at radius 1 is 0.412 bits per heavy atom. The van der Waals surface area contributed by atoms with E-state index in [1.807, 2.05) is 0 Å². The van der Waals surface area contributed by atoms with Gasteiger partial charge in [-0.15, -0.1) is 0 Å². The van der Waals surface area contributed by atoms with Crippen molar-refractivity contribution in [3.05, 3.63) is 0 Å². The lowest BCUT2D eigenvalue weighted by molar-refractivity contribution is -0.305. The zero-order valence-electron chi connectivity index (χ0n) is 45.1. The van der Waals surface area contributed by atoms with E-state index >= 15 is 0 Å². The lowest BCUT2D eigenvalue weighted by Crippen LogP contribution is -2.59. The molecule has 0 aromatic carbocycles. The molecule has 9 heteroatoms. The van der Waals surface area contributed by atoms with Crippen molar-refractivity contribution in [2.24, 2.45) is 0 Å². The SMILES string of the molecule is CCCCCCCCCCCCCCCCCCCCCCCCCCCCOCC(COC1OC(CO)C(O)C(O)C1O)OC(=O)CCCCCCCCCCCCCCCCCCCCC. The molecule has 0 radical (unpaired) electrons. The minimum atomic E-state index is -1.53. The van der Waals surface area contributed by atoms with E-state index in [1.54, 1.807) is 0 Å². The van der Waals surface area contributed by atoms with Crippen LogP contribution in [0.1, 0.15) is 309 Å². The first-order chi connectivity index (χ1) is 33.4. The van der Waals surface area contributed by atoms with Crippen molar-refractivity contribution in [3.63, 3.8) is 0 Å². The van der Waals surface area contributed by atoms with Crippen molar-refractivity contribution in [1.29, 1.82) is 0 Å². The molecule has 1 rings (SSSR count). The second-order valence-electron chi connectivity index (χ2n) is 21.2. The molecule has 1 fully saturated rings. The van der Waals surface area contributed by atoms with Crippen LogP contribution in [0.2, 0.25) is 0 Å². The predicted octanol–water partition coefficient (Wildman–Crippen LogP) is 15.7. The van der Waals surface area contributed by atoms with Crippen molar-refractivity contribution < 1.29 is 44.2 Å². The van der Waals surface area contributed by atoms with E-state index < -0.39 is 43.4 Å². The van der Waals surface area contributed by atoms with Crippen LogP contribution in [0.4, 0.5) is 0 Å². The first-order valence-electron chi connectivity index (χ1n) is 30.1. The maximum Gasteiger partial charge on any atom is 0.306 e. The summed E-state index contributed by atoms with van der Waals surface area (Å²) < 4.78 is 23.0. The van der Waals surface area contributed by atoms with E-state index in [2.05, 4.69) is 13.8 Å². The maximum atomic E-state index is 12.9. The molecular formula is C59H116O9. The van der Waals surface area contributed by atoms with Gasteiger partial charge in [0.25, 0.3) is 0 Å². The number of carbonyl (C=O) groups is 1. The number of hydrogen-bond acceptors (Lipinski definition) is 9. The zero-order chi connectivity index (χ0) is 49.2. The molecule has 1 heterocycles. The van der Waals surface area contributed by atoms with E-state index in [0.29, 0.717) is 13.0 Å². The third-order valence-corrected chi connectivity index (χ3v) is 14.5. The normalized spacial score (nSPS) is 18.9. The summed E-state index contributed by atoms with van der Waals surface area (Å²) in [5, 5.41) is 40.4. The highest BCUT2D eigenvalue weighted by Crippen LogP contribution is 2.23. The van der Waals surface area contributed by atoms with Crippen molar-refractivity contribution in [2.75, 3.05) is 26.4 Å². The van der Waals surface area contributed by atoms with Crippen LogP contribution in [0.15, 0.2) is 0 Å². The molecule has 0 spiro atoms. The van der Waals surface area contributed by atoms with Gasteiger partial charge in [0.2, 0.25) is 0 Å². The van der Waals surface area contributed by atoms with Crippen molar-refractivity contribution in [1.82, 2.24) is 0 Å². The summed E-state index contributed by atoms with van der Waals surface area (Å²) in [5.74, 6) is -0.303. The quantitative estimate of drug-likeness (QED) is 0.0347. The van der Waals surface area contributed by atoms with Crippen molar-refractivity contribution >= 4 is 5.97 Å². The maximum absolute atomic E-state index is 12.9. The molecular weight excluding hydrogens is 853 g/mol. The van der Waals surface area contributed by atoms with Crippen LogP contribution in [-0.4, -0.2) is 89.6 Å². The average molecular weight is 970 g/mol. The van der Waals surface area contributed by atoms with Crippen molar-refractivity contribution in [2.45, 2.75) is 346 Å². The second kappa shape index (κ2) is 51.1. The van der Waals surface area contributed by atoms with Crippen LogP contribution in [0.3, 0.4) is 0 Å². The molecule has 1 saturated heterocycles. The van der Waals surface area contributed by atoms with Crippen LogP contribution >= 0.6 is 0 Å². The first-order valence-corrected chi connectivity index (χ1v) is 30.1. The molecule has 0 aromatic rings. The summed E-state index contributed by atoms with van der Waals surface area (Å²) in [6.45, 7) is 4.65. The average Bonchev–Trinajstić information content (AvgIpc) is 3.34. The van der Waals surface area contributed by atoms with E-state index in [1.165, 1.54) is 257 Å². The third kappa shape index (κ3) is 40.7. The Labute approximate surface area is 421 Å². The zero-order valence-corrected chi connectivity index (χ0v) is 45.1. The third-order valence-electron chi connectivity index (χ3n) is 14.5. The number of esters is 1. The number of aliphatic hydroxyl groups excluding tert-OH is 4. The van der Waals surface area contributed by atoms with Gasteiger partial charge in [-0.2, -0.15) is 0 Å². The molecule has 0 aromatic heterocycles. The van der Waals surface area contributed by atoms with Crippen LogP contribution in [0.5, 0.6) is 0 Å². The Kier molecular flexibility index (Phi) is 49.0. The Morgan fingerprint density at radius 2 is 0.721 bits per heavy atom. The summed E-state index contributed by atoms with van der Waals surface area (Å²) in [5.41, 5.74) is 0. The molecule has 406 valence electrons. The summed E-state index contributed by atoms with van der Waals surface area (Å²) in [6, 6.07) is 0. The molecule has 0 aliphatic carbocycles. The molecule has 4 N–H and O–H groups in total. The number of hydrogen-bond donors (Lipinski definition) is 4. The lowest BCUT2D eigenvalue weighted by Gasteiger charge is -2.39. The van der Waals surface area contributed by atoms with Gasteiger partial charge < -0.3 is 39.4 Å². The fraction of sp³-hybridized carbons (Fsp3) is 0.983. The van der Waals surface area contributed by atoms with Gasteiger partial charge in [-0.3, -0.25) is 4.79 Å². The fourth-order valence-corrected chi connectivity index (χ4v) is 9.85. The highest BCUT2D eigenvalue weighted by atomic mass is 16.7. The summed E-state index contributed by atoms with van der Waals surface area (Å²) in [6.07, 6.45) is 53.1. The molecule has 68 heavy (non-hydrogen) atoms. The molecule has 1 aliphatic heterocycles. The van der Waals surface area contributed by atoms with Gasteiger partial charge in [0, 0.05) is 13.0 Å². The van der Waals surface area contributed by atoms with Crippen LogP contribution in [0, 0.1) is 0 Å². The van der Waals surface area contributed by atoms with Gasteiger partial charge in [-0.1, -0.05) is 290 Å². The highest BCUT2D eigenvalue weighted by molar-refractivity contribution is 5.69. The fourth-order valence-electron chi connectivity index (χ4n) is 9.85. The largest absolute Gasteiger partial charge is 0.457 e. The van der Waals surface area contributed by atoms with Crippen LogP contribution in [-0.2, 0) is 23.7 Å². The number of unbranched alkanes of at least 4 members (excludes halogenated alkanes) is 43. The molecule has 9 nitrogen and oxygen atoms in total. The summed E-state index contributed by atoms with van der Waals surface area (Å²) in [4.78, 5) is 12.9. The van der Waals surface area contributed by atoms with Crippen molar-refractivity contribution in [3.8, 4) is 0 Å². The molecule has 0 saturated carbocycles. The number of aliphatic hydroxyl groups is 4. The van der Waals surface area contributed by atoms with E-state index in [0.717, 1.165) is 32.1 Å². The minimum Gasteiger partial charge on any atom is -0.457 e. The smallest absolute Gasteiger partial charge is 0.306 e. The van der Waals surface area contributed by atoms with Gasteiger partial charge in [0.05, 0.1) is 19.8 Å². The monoisotopic (exact) mass is 969 g/mol. The molecule has 0 amide bonds. The van der Waals surface area contributed by atoms with Crippen LogP contribution in [0.25, 0.3) is 0 Å². The Balaban J connectivity index is 2.10. The first kappa shape index (κ1) is 65.2. The standard InChI is InChI=1S/C59H116O9/c1-3-5-7-9-11-13-15-17-19-21-23-24-25-26-27-28-29-31-33-35-37-39-41-43-45-47-49-65-51-53(52-66-59-58(64)57(63)56(62)54(50-60)68-59)67-55(61)48-46-44-42-40-38-36-34-32-30-22-20-18-16-14-12-10-8-6-4-2/h53-54,56-60,62-64H,3-52H2,1-2H3. The van der Waals surface area contributed by atoms with E-state index in [-0.39, 0.29) is 19.2 Å². The number of rotatable bonds is 54. The van der Waals surface area contributed by atoms with Gasteiger partial charge >= 0.3 is 5.97 Å². The number of carbonyl (C=O) groups excluding carboxylic acids is 1. The Bertz CT molecular complexity index is 1010. The predicted molar refractivity (Wildman–Crippen MR) is 284 cm³/mol. The molecule has 6 atom stereocenters. The van der Waals surface area contributed by atoms with Gasteiger partial charge in [0.1, 0.15) is 30.5 Å². The van der Waals surface area contributed by atoms with Crippen LogP contribution < -0.4 is 0 Å². The summed E-state index contributed by atoms with van der Waals surface area (Å²) >= 11 is 0. The van der Waals surface area contributed by atoms with E-state index in [4.69, 9.17) is 18.9 Å². The van der Waals surface area contributed by atoms with Gasteiger partial charge in [-0.25, -0.2) is 0 Å². The second-order valence-corrected chi connectivity index (χ2v) is 21.2. The van der Waals surface area contributed by atoms with Gasteiger partial charge in [-0.05, 0) is 12.8 Å². The minimum absolute atomic E-state index is 0.104. The topological polar surface area (TPSA) is 135 Å². The number of ether oxygens (including phenoxy) is 4. The Hall–Kier alpha value is -0.810. The molecule has 0 bridgehead atoms.